The molecule has 0 unspecified atom stereocenters. The second-order valence-electron chi connectivity index (χ2n) is 6.47. The summed E-state index contributed by atoms with van der Waals surface area (Å²) >= 11 is 6.47. The number of nitrogens with zero attached hydrogens (tertiary/aromatic N) is 2. The van der Waals surface area contributed by atoms with Gasteiger partial charge in [-0.15, -0.1) is 0 Å². The molecule has 27 heavy (non-hydrogen) atoms. The molecule has 2 N–H and O–H groups in total. The molecule has 6 nitrogen and oxygen atoms in total. The third kappa shape index (κ3) is 2.81. The van der Waals surface area contributed by atoms with E-state index in [0.717, 1.165) is 5.39 Å². The monoisotopic (exact) mass is 381 g/mol. The first-order valence-corrected chi connectivity index (χ1v) is 8.89. The van der Waals surface area contributed by atoms with Gasteiger partial charge < -0.3 is 15.2 Å². The summed E-state index contributed by atoms with van der Waals surface area (Å²) in [5, 5.41) is 10.7. The summed E-state index contributed by atoms with van der Waals surface area (Å²) in [5.41, 5.74) is 7.87. The number of nitrogens with two attached hydrogens (primary N) is 1. The van der Waals surface area contributed by atoms with Crippen molar-refractivity contribution in [1.29, 1.82) is 5.26 Å². The van der Waals surface area contributed by atoms with E-state index in [1.54, 1.807) is 19.2 Å². The summed E-state index contributed by atoms with van der Waals surface area (Å²) in [6, 6.07) is 9.35. The van der Waals surface area contributed by atoms with Crippen molar-refractivity contribution < 1.29 is 14.3 Å². The van der Waals surface area contributed by atoms with Crippen LogP contribution in [0.15, 0.2) is 47.1 Å². The first-order chi connectivity index (χ1) is 13.0. The lowest BCUT2D eigenvalue weighted by atomic mass is 9.78. The number of nitriles is 1. The Bertz CT molecular complexity index is 1080. The number of allylic oxidation sites excluding steroid dienone is 3. The molecule has 0 bridgehead atoms. The first kappa shape index (κ1) is 17.4. The van der Waals surface area contributed by atoms with E-state index in [9.17, 15) is 10.1 Å². The van der Waals surface area contributed by atoms with Crippen LogP contribution in [0.2, 0.25) is 5.15 Å². The number of rotatable bonds is 2. The number of Topliss-reactive ketones (excluding diaryl/α,β-unsaturated/α-hetero) is 1. The number of hydrogen-bond acceptors (Lipinski definition) is 6. The van der Waals surface area contributed by atoms with Crippen molar-refractivity contribution in [2.45, 2.75) is 25.2 Å². The average Bonchev–Trinajstić information content (AvgIpc) is 2.66. The predicted octanol–water partition coefficient (Wildman–Crippen LogP) is 3.71. The summed E-state index contributed by atoms with van der Waals surface area (Å²) in [6.07, 6.45) is 1.70. The van der Waals surface area contributed by atoms with Gasteiger partial charge in [-0.25, -0.2) is 4.98 Å². The minimum absolute atomic E-state index is 0.0118. The van der Waals surface area contributed by atoms with E-state index in [4.69, 9.17) is 26.8 Å². The second kappa shape index (κ2) is 6.60. The number of aromatic nitrogens is 1. The van der Waals surface area contributed by atoms with Gasteiger partial charge in [0.15, 0.2) is 5.78 Å². The van der Waals surface area contributed by atoms with Crippen molar-refractivity contribution in [3.05, 3.63) is 57.8 Å². The van der Waals surface area contributed by atoms with Crippen LogP contribution in [0.3, 0.4) is 0 Å². The Balaban J connectivity index is 1.97. The molecule has 2 aromatic rings. The fourth-order valence-corrected chi connectivity index (χ4v) is 3.90. The molecule has 1 atom stereocenters. The molecular weight excluding hydrogens is 366 g/mol. The van der Waals surface area contributed by atoms with Crippen molar-refractivity contribution in [3.63, 3.8) is 0 Å². The van der Waals surface area contributed by atoms with E-state index >= 15 is 0 Å². The molecule has 1 aromatic heterocycles. The highest BCUT2D eigenvalue weighted by Crippen LogP contribution is 2.45. The number of ketones is 1. The average molecular weight is 382 g/mol. The van der Waals surface area contributed by atoms with Gasteiger partial charge in [0.05, 0.1) is 18.5 Å². The number of carbonyl (C=O) groups excluding carboxylic acids is 1. The van der Waals surface area contributed by atoms with Gasteiger partial charge in [0.2, 0.25) is 5.88 Å². The number of halogens is 1. The normalized spacial score (nSPS) is 19.6. The highest BCUT2D eigenvalue weighted by atomic mass is 35.5. The van der Waals surface area contributed by atoms with E-state index in [0.29, 0.717) is 47.4 Å². The van der Waals surface area contributed by atoms with Crippen LogP contribution in [0.4, 0.5) is 0 Å². The van der Waals surface area contributed by atoms with Crippen LogP contribution < -0.4 is 10.5 Å². The number of benzene rings is 1. The molecular formula is C20H16ClN3O3. The SMILES string of the molecule is COc1ccc2nc(Cl)c([C@H]3C(C#N)=C(N)OC4=C3C(=O)CCC4)cc2c1. The number of methoxy groups -OCH3 is 1. The second-order valence-corrected chi connectivity index (χ2v) is 6.82. The van der Waals surface area contributed by atoms with Crippen LogP contribution in [0, 0.1) is 11.3 Å². The van der Waals surface area contributed by atoms with Crippen molar-refractivity contribution in [2.75, 3.05) is 7.11 Å². The molecule has 7 heteroatoms. The molecule has 1 aliphatic heterocycles. The Morgan fingerprint density at radius 1 is 1.37 bits per heavy atom. The Kier molecular flexibility index (Phi) is 4.25. The van der Waals surface area contributed by atoms with Crippen molar-refractivity contribution >= 4 is 28.3 Å². The van der Waals surface area contributed by atoms with Crippen LogP contribution in [0.5, 0.6) is 5.75 Å². The van der Waals surface area contributed by atoms with Gasteiger partial charge in [0, 0.05) is 29.4 Å². The van der Waals surface area contributed by atoms with Gasteiger partial charge in [0.1, 0.15) is 28.3 Å². The first-order valence-electron chi connectivity index (χ1n) is 8.51. The van der Waals surface area contributed by atoms with E-state index in [1.165, 1.54) is 0 Å². The number of hydrogen-bond donors (Lipinski definition) is 1. The van der Waals surface area contributed by atoms with Crippen LogP contribution in [0.25, 0.3) is 10.9 Å². The molecule has 1 aliphatic carbocycles. The smallest absolute Gasteiger partial charge is 0.205 e. The van der Waals surface area contributed by atoms with E-state index in [-0.39, 0.29) is 22.4 Å². The zero-order valence-corrected chi connectivity index (χ0v) is 15.3. The molecule has 4 rings (SSSR count). The molecule has 0 amide bonds. The molecule has 0 fully saturated rings. The highest BCUT2D eigenvalue weighted by Gasteiger charge is 2.39. The quantitative estimate of drug-likeness (QED) is 0.796. The summed E-state index contributed by atoms with van der Waals surface area (Å²) in [7, 11) is 1.58. The number of carbonyl (C=O) groups is 1. The largest absolute Gasteiger partial charge is 0.497 e. The molecule has 2 aliphatic rings. The fraction of sp³-hybridized carbons (Fsp3) is 0.250. The van der Waals surface area contributed by atoms with Gasteiger partial charge >= 0.3 is 0 Å². The van der Waals surface area contributed by atoms with Gasteiger partial charge in [-0.2, -0.15) is 5.26 Å². The zero-order valence-electron chi connectivity index (χ0n) is 14.6. The minimum Gasteiger partial charge on any atom is -0.497 e. The minimum atomic E-state index is -0.679. The number of ether oxygens (including phenoxy) is 2. The van der Waals surface area contributed by atoms with Crippen LogP contribution in [-0.4, -0.2) is 17.9 Å². The Hall–Kier alpha value is -3.04. The molecule has 0 radical (unpaired) electrons. The van der Waals surface area contributed by atoms with Crippen molar-refractivity contribution in [2.24, 2.45) is 5.73 Å². The van der Waals surface area contributed by atoms with Crippen LogP contribution >= 0.6 is 11.6 Å². The maximum atomic E-state index is 12.7. The molecule has 0 saturated carbocycles. The Morgan fingerprint density at radius 3 is 2.93 bits per heavy atom. The molecule has 136 valence electrons. The van der Waals surface area contributed by atoms with Crippen molar-refractivity contribution in [1.82, 2.24) is 4.98 Å². The van der Waals surface area contributed by atoms with Crippen LogP contribution in [-0.2, 0) is 9.53 Å². The zero-order chi connectivity index (χ0) is 19.1. The summed E-state index contributed by atoms with van der Waals surface area (Å²) < 4.78 is 10.9. The van der Waals surface area contributed by atoms with E-state index in [1.807, 2.05) is 12.1 Å². The molecule has 1 aromatic carbocycles. The van der Waals surface area contributed by atoms with Gasteiger partial charge in [0.25, 0.3) is 0 Å². The van der Waals surface area contributed by atoms with E-state index < -0.39 is 5.92 Å². The predicted molar refractivity (Wildman–Crippen MR) is 99.8 cm³/mol. The third-order valence-electron chi connectivity index (χ3n) is 4.92. The lowest BCUT2D eigenvalue weighted by molar-refractivity contribution is -0.116. The maximum absolute atomic E-state index is 12.7. The fourth-order valence-electron chi connectivity index (χ4n) is 3.64. The highest BCUT2D eigenvalue weighted by molar-refractivity contribution is 6.31. The van der Waals surface area contributed by atoms with Gasteiger partial charge in [-0.3, -0.25) is 4.79 Å². The van der Waals surface area contributed by atoms with Crippen LogP contribution in [0.1, 0.15) is 30.7 Å². The summed E-state index contributed by atoms with van der Waals surface area (Å²) in [4.78, 5) is 17.1. The maximum Gasteiger partial charge on any atom is 0.205 e. The van der Waals surface area contributed by atoms with Gasteiger partial charge in [-0.05, 0) is 30.7 Å². The van der Waals surface area contributed by atoms with Gasteiger partial charge in [-0.1, -0.05) is 11.6 Å². The molecule has 2 heterocycles. The lowest BCUT2D eigenvalue weighted by Gasteiger charge is -2.31. The number of pyridine rings is 1. The topological polar surface area (TPSA) is 98.2 Å². The lowest BCUT2D eigenvalue weighted by Crippen LogP contribution is -2.27. The third-order valence-corrected chi connectivity index (χ3v) is 5.22. The summed E-state index contributed by atoms with van der Waals surface area (Å²) in [5.74, 6) is 0.478. The Labute approximate surface area is 160 Å². The Morgan fingerprint density at radius 2 is 2.19 bits per heavy atom. The van der Waals surface area contributed by atoms with Crippen molar-refractivity contribution in [3.8, 4) is 11.8 Å². The standard InChI is InChI=1S/C20H16ClN3O3/c1-26-11-5-6-14-10(7-11)8-12(19(21)24-14)17-13(9-22)20(23)27-16-4-2-3-15(25)18(16)17/h5-8,17H,2-4,23H2,1H3/t17-/m0/s1. The summed E-state index contributed by atoms with van der Waals surface area (Å²) in [6.45, 7) is 0. The molecule has 0 spiro atoms. The number of fused-ring (bicyclic) bond motifs is 1. The van der Waals surface area contributed by atoms with E-state index in [2.05, 4.69) is 11.1 Å². The molecule has 0 saturated heterocycles.